The van der Waals surface area contributed by atoms with E-state index in [0.717, 1.165) is 6.42 Å². The number of carbonyl (C=O) groups excluding carboxylic acids is 2. The summed E-state index contributed by atoms with van der Waals surface area (Å²) in [6.45, 7) is 1.88. The average Bonchev–Trinajstić information content (AvgIpc) is 2.27. The first kappa shape index (κ1) is 12.5. The van der Waals surface area contributed by atoms with Crippen LogP contribution in [0.2, 0.25) is 5.02 Å². The Morgan fingerprint density at radius 3 is 2.56 bits per heavy atom. The largest absolute Gasteiger partial charge is 0.273 e. The zero-order chi connectivity index (χ0) is 12.0. The molecule has 0 saturated heterocycles. The van der Waals surface area contributed by atoms with Gasteiger partial charge >= 0.3 is 0 Å². The van der Waals surface area contributed by atoms with E-state index in [1.807, 2.05) is 6.92 Å². The van der Waals surface area contributed by atoms with Crippen LogP contribution in [0.4, 0.5) is 0 Å². The van der Waals surface area contributed by atoms with Gasteiger partial charge in [0.2, 0.25) is 5.91 Å². The summed E-state index contributed by atoms with van der Waals surface area (Å²) in [6, 6.07) is 6.64. The maximum Gasteiger partial charge on any atom is 0.271 e. The van der Waals surface area contributed by atoms with E-state index in [1.165, 1.54) is 0 Å². The van der Waals surface area contributed by atoms with Crippen molar-refractivity contribution in [1.82, 2.24) is 10.9 Å². The number of amides is 2. The van der Waals surface area contributed by atoms with Crippen LogP contribution in [0, 0.1) is 0 Å². The molecule has 0 saturated carbocycles. The van der Waals surface area contributed by atoms with Crippen LogP contribution in [0.3, 0.4) is 0 Å². The lowest BCUT2D eigenvalue weighted by Gasteiger charge is -2.07. The standard InChI is InChI=1S/C11H13ClN2O2/c1-2-5-10(15)13-14-11(16)8-6-3-4-7-9(8)12/h3-4,6-7H,2,5H2,1H3,(H,13,15)(H,14,16). The fraction of sp³-hybridized carbons (Fsp3) is 0.273. The number of nitrogens with one attached hydrogen (secondary N) is 2. The maximum absolute atomic E-state index is 11.6. The number of hydrogen-bond acceptors (Lipinski definition) is 2. The predicted octanol–water partition coefficient (Wildman–Crippen LogP) is 1.90. The van der Waals surface area contributed by atoms with Crippen molar-refractivity contribution in [3.63, 3.8) is 0 Å². The van der Waals surface area contributed by atoms with Crippen molar-refractivity contribution in [1.29, 1.82) is 0 Å². The molecule has 0 aliphatic heterocycles. The third-order valence-corrected chi connectivity index (χ3v) is 2.24. The Kier molecular flexibility index (Phi) is 4.79. The molecule has 0 fully saturated rings. The molecule has 0 aromatic heterocycles. The van der Waals surface area contributed by atoms with Crippen molar-refractivity contribution in [2.75, 3.05) is 0 Å². The van der Waals surface area contributed by atoms with E-state index in [4.69, 9.17) is 11.6 Å². The molecule has 0 heterocycles. The minimum atomic E-state index is -0.421. The highest BCUT2D eigenvalue weighted by Gasteiger charge is 2.09. The Balaban J connectivity index is 2.54. The molecule has 0 aliphatic carbocycles. The van der Waals surface area contributed by atoms with Gasteiger partial charge in [-0.1, -0.05) is 30.7 Å². The SMILES string of the molecule is CCCC(=O)NNC(=O)c1ccccc1Cl. The molecule has 0 radical (unpaired) electrons. The van der Waals surface area contributed by atoms with Gasteiger partial charge in [0.1, 0.15) is 0 Å². The van der Waals surface area contributed by atoms with Crippen LogP contribution >= 0.6 is 11.6 Å². The first-order valence-corrected chi connectivity index (χ1v) is 5.36. The molecule has 1 aromatic rings. The number of rotatable bonds is 3. The lowest BCUT2D eigenvalue weighted by Crippen LogP contribution is -2.41. The molecule has 86 valence electrons. The summed E-state index contributed by atoms with van der Waals surface area (Å²) in [7, 11) is 0. The van der Waals surface area contributed by atoms with Crippen LogP contribution in [0.15, 0.2) is 24.3 Å². The molecular weight excluding hydrogens is 228 g/mol. The van der Waals surface area contributed by atoms with Crippen LogP contribution < -0.4 is 10.9 Å². The summed E-state index contributed by atoms with van der Waals surface area (Å²) in [5.74, 6) is -0.641. The highest BCUT2D eigenvalue weighted by molar-refractivity contribution is 6.33. The van der Waals surface area contributed by atoms with E-state index < -0.39 is 5.91 Å². The Morgan fingerprint density at radius 1 is 1.25 bits per heavy atom. The maximum atomic E-state index is 11.6. The molecule has 0 spiro atoms. The van der Waals surface area contributed by atoms with E-state index in [0.29, 0.717) is 17.0 Å². The van der Waals surface area contributed by atoms with Gasteiger partial charge in [0.25, 0.3) is 5.91 Å². The summed E-state index contributed by atoms with van der Waals surface area (Å²) in [5, 5.41) is 0.352. The second kappa shape index (κ2) is 6.12. The van der Waals surface area contributed by atoms with Crippen LogP contribution in [0.5, 0.6) is 0 Å². The van der Waals surface area contributed by atoms with Crippen molar-refractivity contribution in [3.05, 3.63) is 34.9 Å². The van der Waals surface area contributed by atoms with Crippen LogP contribution in [-0.4, -0.2) is 11.8 Å². The lowest BCUT2D eigenvalue weighted by molar-refractivity contribution is -0.121. The molecule has 2 N–H and O–H groups in total. The van der Waals surface area contributed by atoms with E-state index in [2.05, 4.69) is 10.9 Å². The minimum absolute atomic E-state index is 0.220. The highest BCUT2D eigenvalue weighted by Crippen LogP contribution is 2.13. The molecule has 16 heavy (non-hydrogen) atoms. The monoisotopic (exact) mass is 240 g/mol. The molecular formula is C11H13ClN2O2. The molecule has 0 atom stereocenters. The van der Waals surface area contributed by atoms with Crippen molar-refractivity contribution < 1.29 is 9.59 Å². The van der Waals surface area contributed by atoms with Gasteiger partial charge in [0.05, 0.1) is 10.6 Å². The normalized spacial score (nSPS) is 9.62. The average molecular weight is 241 g/mol. The van der Waals surface area contributed by atoms with Gasteiger partial charge in [-0.2, -0.15) is 0 Å². The third-order valence-electron chi connectivity index (χ3n) is 1.91. The third kappa shape index (κ3) is 3.55. The van der Waals surface area contributed by atoms with Crippen molar-refractivity contribution in [2.24, 2.45) is 0 Å². The fourth-order valence-corrected chi connectivity index (χ4v) is 1.35. The van der Waals surface area contributed by atoms with E-state index in [-0.39, 0.29) is 5.91 Å². The number of halogens is 1. The fourth-order valence-electron chi connectivity index (χ4n) is 1.13. The number of hydrogen-bond donors (Lipinski definition) is 2. The molecule has 4 nitrogen and oxygen atoms in total. The first-order chi connectivity index (χ1) is 7.65. The molecule has 0 aliphatic rings. The summed E-state index contributed by atoms with van der Waals surface area (Å²) in [4.78, 5) is 22.7. The van der Waals surface area contributed by atoms with Crippen LogP contribution in [0.1, 0.15) is 30.1 Å². The van der Waals surface area contributed by atoms with Gasteiger partial charge in [-0.3, -0.25) is 20.4 Å². The minimum Gasteiger partial charge on any atom is -0.273 e. The van der Waals surface area contributed by atoms with Crippen molar-refractivity contribution >= 4 is 23.4 Å². The molecule has 5 heteroatoms. The summed E-state index contributed by atoms with van der Waals surface area (Å²) in [5.41, 5.74) is 4.95. The van der Waals surface area contributed by atoms with Gasteiger partial charge in [-0.05, 0) is 18.6 Å². The summed E-state index contributed by atoms with van der Waals surface area (Å²) >= 11 is 5.82. The van der Waals surface area contributed by atoms with Gasteiger partial charge in [-0.15, -0.1) is 0 Å². The Labute approximate surface area is 99.0 Å². The highest BCUT2D eigenvalue weighted by atomic mass is 35.5. The second-order valence-electron chi connectivity index (χ2n) is 3.23. The molecule has 0 bridgehead atoms. The summed E-state index contributed by atoms with van der Waals surface area (Å²) < 4.78 is 0. The Hall–Kier alpha value is -1.55. The van der Waals surface area contributed by atoms with Crippen molar-refractivity contribution in [2.45, 2.75) is 19.8 Å². The predicted molar refractivity (Wildman–Crippen MR) is 62.0 cm³/mol. The molecule has 1 rings (SSSR count). The van der Waals surface area contributed by atoms with Crippen LogP contribution in [-0.2, 0) is 4.79 Å². The van der Waals surface area contributed by atoms with E-state index >= 15 is 0 Å². The van der Waals surface area contributed by atoms with Crippen molar-refractivity contribution in [3.8, 4) is 0 Å². The zero-order valence-electron chi connectivity index (χ0n) is 8.92. The summed E-state index contributed by atoms with van der Waals surface area (Å²) in [6.07, 6.45) is 1.11. The molecule has 0 unspecified atom stereocenters. The zero-order valence-corrected chi connectivity index (χ0v) is 9.67. The van der Waals surface area contributed by atoms with E-state index in [1.54, 1.807) is 24.3 Å². The number of benzene rings is 1. The van der Waals surface area contributed by atoms with Gasteiger partial charge in [0, 0.05) is 6.42 Å². The quantitative estimate of drug-likeness (QED) is 0.793. The Bertz CT molecular complexity index is 393. The lowest BCUT2D eigenvalue weighted by atomic mass is 10.2. The number of hydrazine groups is 1. The van der Waals surface area contributed by atoms with Crippen LogP contribution in [0.25, 0.3) is 0 Å². The molecule has 1 aromatic carbocycles. The van der Waals surface area contributed by atoms with Gasteiger partial charge < -0.3 is 0 Å². The van der Waals surface area contributed by atoms with Gasteiger partial charge in [0.15, 0.2) is 0 Å². The van der Waals surface area contributed by atoms with Gasteiger partial charge in [-0.25, -0.2) is 0 Å². The second-order valence-corrected chi connectivity index (χ2v) is 3.64. The molecule has 2 amide bonds. The Morgan fingerprint density at radius 2 is 1.94 bits per heavy atom. The topological polar surface area (TPSA) is 58.2 Å². The smallest absolute Gasteiger partial charge is 0.271 e. The number of carbonyl (C=O) groups is 2. The van der Waals surface area contributed by atoms with E-state index in [9.17, 15) is 9.59 Å². The first-order valence-electron chi connectivity index (χ1n) is 4.99.